The van der Waals surface area contributed by atoms with E-state index in [4.69, 9.17) is 23.2 Å². The van der Waals surface area contributed by atoms with Crippen molar-refractivity contribution in [2.24, 2.45) is 0 Å². The quantitative estimate of drug-likeness (QED) is 0.713. The minimum Gasteiger partial charge on any atom is -0.478 e. The van der Waals surface area contributed by atoms with Crippen molar-refractivity contribution >= 4 is 40.9 Å². The lowest BCUT2D eigenvalue weighted by Crippen LogP contribution is -2.46. The van der Waals surface area contributed by atoms with Gasteiger partial charge in [-0.25, -0.2) is 9.59 Å². The molecule has 0 bridgehead atoms. The standard InChI is InChI=1S/C21H20Cl2N2O3/c1-24(2)20(28)25-17-6-3-12(19(26)27)9-15(17)21(7-8-21)11-18(25)14-10-13(22)4-5-16(14)23/h3-6,9-10,18H,7-8,11H2,1-2H3,(H,26,27). The Kier molecular flexibility index (Phi) is 4.55. The van der Waals surface area contributed by atoms with E-state index in [9.17, 15) is 14.7 Å². The zero-order valence-corrected chi connectivity index (χ0v) is 17.1. The first-order valence-corrected chi connectivity index (χ1v) is 9.82. The van der Waals surface area contributed by atoms with Crippen LogP contribution in [0.2, 0.25) is 10.0 Å². The second-order valence-corrected chi connectivity index (χ2v) is 8.59. The summed E-state index contributed by atoms with van der Waals surface area (Å²) in [6, 6.07) is 9.86. The van der Waals surface area contributed by atoms with Crippen molar-refractivity contribution in [3.8, 4) is 0 Å². The van der Waals surface area contributed by atoms with Gasteiger partial charge >= 0.3 is 12.0 Å². The summed E-state index contributed by atoms with van der Waals surface area (Å²) in [6.45, 7) is 0. The predicted molar refractivity (Wildman–Crippen MR) is 110 cm³/mol. The number of hydrogen-bond acceptors (Lipinski definition) is 2. The van der Waals surface area contributed by atoms with Crippen molar-refractivity contribution in [1.29, 1.82) is 0 Å². The molecule has 28 heavy (non-hydrogen) atoms. The van der Waals surface area contributed by atoms with Crippen molar-refractivity contribution in [2.75, 3.05) is 19.0 Å². The molecule has 2 aromatic rings. The zero-order valence-electron chi connectivity index (χ0n) is 15.6. The van der Waals surface area contributed by atoms with E-state index < -0.39 is 5.97 Å². The number of halogens is 2. The Morgan fingerprint density at radius 2 is 1.86 bits per heavy atom. The molecular weight excluding hydrogens is 399 g/mol. The maximum Gasteiger partial charge on any atom is 0.335 e. The van der Waals surface area contributed by atoms with Gasteiger partial charge in [0.1, 0.15) is 0 Å². The number of aromatic carboxylic acids is 1. The summed E-state index contributed by atoms with van der Waals surface area (Å²) < 4.78 is 0. The molecule has 146 valence electrons. The molecule has 4 rings (SSSR count). The monoisotopic (exact) mass is 418 g/mol. The van der Waals surface area contributed by atoms with Gasteiger partial charge in [0.25, 0.3) is 0 Å². The van der Waals surface area contributed by atoms with Crippen molar-refractivity contribution in [3.05, 3.63) is 63.1 Å². The lowest BCUT2D eigenvalue weighted by Gasteiger charge is -2.43. The summed E-state index contributed by atoms with van der Waals surface area (Å²) in [5.74, 6) is -0.968. The largest absolute Gasteiger partial charge is 0.478 e. The summed E-state index contributed by atoms with van der Waals surface area (Å²) in [5.41, 5.74) is 2.59. The molecular formula is C21H20Cl2N2O3. The topological polar surface area (TPSA) is 60.9 Å². The van der Waals surface area contributed by atoms with Crippen LogP contribution in [0, 0.1) is 0 Å². The number of nitrogens with zero attached hydrogens (tertiary/aromatic N) is 2. The van der Waals surface area contributed by atoms with Crippen LogP contribution in [-0.2, 0) is 5.41 Å². The highest BCUT2D eigenvalue weighted by Gasteiger charge is 2.53. The van der Waals surface area contributed by atoms with E-state index >= 15 is 0 Å². The van der Waals surface area contributed by atoms with Gasteiger partial charge in [0.2, 0.25) is 0 Å². The van der Waals surface area contributed by atoms with Gasteiger partial charge in [0.05, 0.1) is 11.6 Å². The molecule has 2 amide bonds. The third-order valence-electron chi connectivity index (χ3n) is 5.73. The van der Waals surface area contributed by atoms with Crippen LogP contribution in [0.25, 0.3) is 0 Å². The van der Waals surface area contributed by atoms with Gasteiger partial charge < -0.3 is 10.0 Å². The SMILES string of the molecule is CN(C)C(=O)N1c2ccc(C(=O)O)cc2C2(CC2)CC1c1cc(Cl)ccc1Cl. The lowest BCUT2D eigenvalue weighted by atomic mass is 9.80. The molecule has 1 atom stereocenters. The van der Waals surface area contributed by atoms with Crippen LogP contribution in [-0.4, -0.2) is 36.1 Å². The van der Waals surface area contributed by atoms with Crippen molar-refractivity contribution in [3.63, 3.8) is 0 Å². The van der Waals surface area contributed by atoms with E-state index in [2.05, 4.69) is 0 Å². The van der Waals surface area contributed by atoms with Gasteiger partial charge in [0, 0.05) is 29.8 Å². The Labute approximate surface area is 173 Å². The molecule has 1 fully saturated rings. The number of hydrogen-bond donors (Lipinski definition) is 1. The Morgan fingerprint density at radius 1 is 1.14 bits per heavy atom. The van der Waals surface area contributed by atoms with E-state index in [-0.39, 0.29) is 23.1 Å². The smallest absolute Gasteiger partial charge is 0.335 e. The zero-order chi connectivity index (χ0) is 20.2. The van der Waals surface area contributed by atoms with E-state index in [0.717, 1.165) is 29.7 Å². The molecule has 1 unspecified atom stereocenters. The number of benzene rings is 2. The average Bonchev–Trinajstić information content (AvgIpc) is 3.43. The van der Waals surface area contributed by atoms with Crippen molar-refractivity contribution in [2.45, 2.75) is 30.7 Å². The number of fused-ring (bicyclic) bond motifs is 2. The highest BCUT2D eigenvalue weighted by atomic mass is 35.5. The fraction of sp³-hybridized carbons (Fsp3) is 0.333. The number of carbonyl (C=O) groups is 2. The number of rotatable bonds is 2. The van der Waals surface area contributed by atoms with Gasteiger partial charge in [-0.15, -0.1) is 0 Å². The Balaban J connectivity index is 1.92. The summed E-state index contributed by atoms with van der Waals surface area (Å²) in [7, 11) is 3.40. The van der Waals surface area contributed by atoms with Crippen molar-refractivity contribution in [1.82, 2.24) is 4.90 Å². The third kappa shape index (κ3) is 3.03. The van der Waals surface area contributed by atoms with Crippen LogP contribution in [0.3, 0.4) is 0 Å². The lowest BCUT2D eigenvalue weighted by molar-refractivity contribution is 0.0696. The predicted octanol–water partition coefficient (Wildman–Crippen LogP) is 5.36. The molecule has 1 saturated carbocycles. The molecule has 7 heteroatoms. The molecule has 1 spiro atoms. The summed E-state index contributed by atoms with van der Waals surface area (Å²) in [5, 5.41) is 10.5. The summed E-state index contributed by atoms with van der Waals surface area (Å²) in [4.78, 5) is 27.9. The molecule has 2 aromatic carbocycles. The Morgan fingerprint density at radius 3 is 2.46 bits per heavy atom. The van der Waals surface area contributed by atoms with Gasteiger partial charge in [0.15, 0.2) is 0 Å². The minimum atomic E-state index is -0.968. The third-order valence-corrected chi connectivity index (χ3v) is 6.31. The average molecular weight is 419 g/mol. The molecule has 5 nitrogen and oxygen atoms in total. The van der Waals surface area contributed by atoms with Crippen LogP contribution in [0.5, 0.6) is 0 Å². The van der Waals surface area contributed by atoms with E-state index in [1.807, 2.05) is 6.07 Å². The van der Waals surface area contributed by atoms with Crippen LogP contribution in [0.15, 0.2) is 36.4 Å². The van der Waals surface area contributed by atoms with Gasteiger partial charge in [-0.05, 0) is 72.2 Å². The van der Waals surface area contributed by atoms with E-state index in [1.54, 1.807) is 49.3 Å². The maximum absolute atomic E-state index is 13.2. The summed E-state index contributed by atoms with van der Waals surface area (Å²) in [6.07, 6.45) is 2.60. The molecule has 0 radical (unpaired) electrons. The number of carboxylic acids is 1. The van der Waals surface area contributed by atoms with Crippen LogP contribution in [0.1, 0.15) is 46.8 Å². The molecule has 1 aliphatic carbocycles. The molecule has 0 aromatic heterocycles. The van der Waals surface area contributed by atoms with Crippen LogP contribution in [0.4, 0.5) is 10.5 Å². The molecule has 0 saturated heterocycles. The van der Waals surface area contributed by atoms with Crippen LogP contribution < -0.4 is 4.90 Å². The highest BCUT2D eigenvalue weighted by Crippen LogP contribution is 2.61. The fourth-order valence-electron chi connectivity index (χ4n) is 4.14. The maximum atomic E-state index is 13.2. The first-order chi connectivity index (χ1) is 13.2. The number of carboxylic acid groups (broad SMARTS) is 1. The highest BCUT2D eigenvalue weighted by molar-refractivity contribution is 6.33. The molecule has 2 aliphatic rings. The number of carbonyl (C=O) groups excluding carboxylic acids is 1. The molecule has 1 N–H and O–H groups in total. The Hall–Kier alpha value is -2.24. The Bertz CT molecular complexity index is 986. The molecule has 1 aliphatic heterocycles. The van der Waals surface area contributed by atoms with Gasteiger partial charge in [-0.2, -0.15) is 0 Å². The first kappa shape index (κ1) is 19.1. The number of urea groups is 1. The van der Waals surface area contributed by atoms with Gasteiger partial charge in [-0.3, -0.25) is 4.90 Å². The van der Waals surface area contributed by atoms with Crippen molar-refractivity contribution < 1.29 is 14.7 Å². The fourth-order valence-corrected chi connectivity index (χ4v) is 4.56. The van der Waals surface area contributed by atoms with Crippen LogP contribution >= 0.6 is 23.2 Å². The summed E-state index contributed by atoms with van der Waals surface area (Å²) >= 11 is 12.7. The second kappa shape index (κ2) is 6.68. The number of amides is 2. The van der Waals surface area contributed by atoms with E-state index in [0.29, 0.717) is 16.5 Å². The second-order valence-electron chi connectivity index (χ2n) is 7.75. The normalized spacial score (nSPS) is 19.3. The minimum absolute atomic E-state index is 0.125. The van der Waals surface area contributed by atoms with Gasteiger partial charge in [-0.1, -0.05) is 23.2 Å². The number of anilines is 1. The first-order valence-electron chi connectivity index (χ1n) is 9.07. The molecule has 1 heterocycles. The van der Waals surface area contributed by atoms with E-state index in [1.165, 1.54) is 4.90 Å².